The number of benzene rings is 1. The molecule has 0 aromatic heterocycles. The van der Waals surface area contributed by atoms with Crippen LogP contribution in [0.25, 0.3) is 0 Å². The average molecular weight is 468 g/mol. The van der Waals surface area contributed by atoms with Gasteiger partial charge in [-0.1, -0.05) is 25.5 Å². The molecule has 138 valence electrons. The maximum Gasteiger partial charge on any atom is 0.242 e. The molecule has 0 aliphatic heterocycles. The number of rotatable bonds is 7. The van der Waals surface area contributed by atoms with Crippen LogP contribution in [0.2, 0.25) is 0 Å². The predicted octanol–water partition coefficient (Wildman–Crippen LogP) is 2.36. The summed E-state index contributed by atoms with van der Waals surface area (Å²) in [5.74, 6) is 0.837. The summed E-state index contributed by atoms with van der Waals surface area (Å²) in [7, 11) is 3.46. The first-order valence-corrected chi connectivity index (χ1v) is 9.20. The molecule has 0 heterocycles. The summed E-state index contributed by atoms with van der Waals surface area (Å²) in [6.45, 7) is 3.72. The lowest BCUT2D eigenvalue weighted by atomic mass is 10.2. The van der Waals surface area contributed by atoms with Crippen LogP contribution in [0.4, 0.5) is 0 Å². The Balaban J connectivity index is 0.00000529. The molecule has 1 N–H and O–H groups in total. The number of nitrogens with one attached hydrogen (secondary N) is 1. The van der Waals surface area contributed by atoms with E-state index in [-0.39, 0.29) is 24.0 Å². The van der Waals surface area contributed by atoms with Crippen molar-refractivity contribution in [2.45, 2.75) is 31.2 Å². The summed E-state index contributed by atoms with van der Waals surface area (Å²) in [6, 6.07) is 6.91. The number of aliphatic imine (C=N–C) groups is 1. The quantitative estimate of drug-likeness (QED) is 0.379. The van der Waals surface area contributed by atoms with Gasteiger partial charge in [0, 0.05) is 41.3 Å². The Morgan fingerprint density at radius 2 is 1.75 bits per heavy atom. The van der Waals surface area contributed by atoms with Crippen LogP contribution in [0.5, 0.6) is 0 Å². The average Bonchev–Trinajstić information content (AvgIpc) is 2.53. The molecule has 24 heavy (non-hydrogen) atoms. The Morgan fingerprint density at radius 1 is 1.17 bits per heavy atom. The van der Waals surface area contributed by atoms with Crippen molar-refractivity contribution in [3.8, 4) is 0 Å². The number of nitrogens with zero attached hydrogens (tertiary/aromatic N) is 3. The molecule has 6 nitrogen and oxygen atoms in total. The SMILES string of the molecule is CCCCN(C)C(=NC)NCc1ccc(S(=O)(=O)N(C)C)cc1.I. The van der Waals surface area contributed by atoms with Gasteiger partial charge in [-0.15, -0.1) is 24.0 Å². The largest absolute Gasteiger partial charge is 0.352 e. The number of unbranched alkanes of at least 4 members (excludes halogenated alkanes) is 1. The highest BCUT2D eigenvalue weighted by Gasteiger charge is 2.16. The molecule has 1 aromatic carbocycles. The van der Waals surface area contributed by atoms with Crippen LogP contribution in [-0.2, 0) is 16.6 Å². The van der Waals surface area contributed by atoms with E-state index >= 15 is 0 Å². The molecule has 0 atom stereocenters. The van der Waals surface area contributed by atoms with E-state index < -0.39 is 10.0 Å². The zero-order chi connectivity index (χ0) is 17.5. The summed E-state index contributed by atoms with van der Waals surface area (Å²) in [4.78, 5) is 6.66. The second-order valence-electron chi connectivity index (χ2n) is 5.61. The van der Waals surface area contributed by atoms with E-state index in [2.05, 4.69) is 22.1 Å². The van der Waals surface area contributed by atoms with Crippen LogP contribution in [-0.4, -0.2) is 58.3 Å². The highest BCUT2D eigenvalue weighted by molar-refractivity contribution is 14.0. The summed E-state index contributed by atoms with van der Waals surface area (Å²) >= 11 is 0. The molecular weight excluding hydrogens is 439 g/mol. The van der Waals surface area contributed by atoms with Crippen LogP contribution in [0, 0.1) is 0 Å². The lowest BCUT2D eigenvalue weighted by molar-refractivity contribution is 0.464. The monoisotopic (exact) mass is 468 g/mol. The van der Waals surface area contributed by atoms with Crippen LogP contribution < -0.4 is 5.32 Å². The Bertz CT molecular complexity index is 615. The molecule has 0 bridgehead atoms. The Hall–Kier alpha value is -0.870. The summed E-state index contributed by atoms with van der Waals surface area (Å²) < 4.78 is 25.3. The van der Waals surface area contributed by atoms with Crippen LogP contribution in [0.1, 0.15) is 25.3 Å². The van der Waals surface area contributed by atoms with Gasteiger partial charge in [0.25, 0.3) is 0 Å². The molecule has 1 rings (SSSR count). The fraction of sp³-hybridized carbons (Fsp3) is 0.562. The minimum atomic E-state index is -3.37. The van der Waals surface area contributed by atoms with Gasteiger partial charge >= 0.3 is 0 Å². The molecule has 0 saturated carbocycles. The lowest BCUT2D eigenvalue weighted by Crippen LogP contribution is -2.38. The molecule has 8 heteroatoms. The van der Waals surface area contributed by atoms with Crippen molar-refractivity contribution in [3.63, 3.8) is 0 Å². The second-order valence-corrected chi connectivity index (χ2v) is 7.76. The molecule has 0 spiro atoms. The van der Waals surface area contributed by atoms with Gasteiger partial charge in [0.2, 0.25) is 10.0 Å². The highest BCUT2D eigenvalue weighted by atomic mass is 127. The first-order valence-electron chi connectivity index (χ1n) is 7.76. The van der Waals surface area contributed by atoms with E-state index in [9.17, 15) is 8.42 Å². The molecule has 0 fully saturated rings. The normalized spacial score (nSPS) is 12.0. The summed E-state index contributed by atoms with van der Waals surface area (Å²) in [5, 5.41) is 3.29. The van der Waals surface area contributed by atoms with E-state index in [0.29, 0.717) is 11.4 Å². The van der Waals surface area contributed by atoms with Crippen LogP contribution in [0.15, 0.2) is 34.2 Å². The molecule has 1 aromatic rings. The fourth-order valence-electron chi connectivity index (χ4n) is 2.06. The molecular formula is C16H29IN4O2S. The molecule has 0 radical (unpaired) electrons. The van der Waals surface area contributed by atoms with Gasteiger partial charge in [0.1, 0.15) is 0 Å². The van der Waals surface area contributed by atoms with Crippen molar-refractivity contribution in [1.29, 1.82) is 0 Å². The zero-order valence-corrected chi connectivity index (χ0v) is 18.3. The summed E-state index contributed by atoms with van der Waals surface area (Å²) in [6.07, 6.45) is 2.26. The third-order valence-electron chi connectivity index (χ3n) is 3.57. The molecule has 0 aliphatic rings. The van der Waals surface area contributed by atoms with E-state index in [4.69, 9.17) is 0 Å². The van der Waals surface area contributed by atoms with E-state index in [1.165, 1.54) is 18.4 Å². The van der Waals surface area contributed by atoms with E-state index in [0.717, 1.165) is 30.9 Å². The van der Waals surface area contributed by atoms with Crippen molar-refractivity contribution in [1.82, 2.24) is 14.5 Å². The number of sulfonamides is 1. The number of halogens is 1. The predicted molar refractivity (Wildman–Crippen MR) is 110 cm³/mol. The van der Waals surface area contributed by atoms with Crippen molar-refractivity contribution in [2.24, 2.45) is 4.99 Å². The van der Waals surface area contributed by atoms with Crippen LogP contribution >= 0.6 is 24.0 Å². The maximum absolute atomic E-state index is 12.0. The minimum absolute atomic E-state index is 0. The van der Waals surface area contributed by atoms with Gasteiger partial charge in [0.15, 0.2) is 5.96 Å². The van der Waals surface area contributed by atoms with Gasteiger partial charge in [-0.25, -0.2) is 12.7 Å². The first-order chi connectivity index (χ1) is 10.8. The highest BCUT2D eigenvalue weighted by Crippen LogP contribution is 2.13. The molecule has 0 aliphatic carbocycles. The van der Waals surface area contributed by atoms with Gasteiger partial charge in [-0.2, -0.15) is 0 Å². The molecule has 0 saturated heterocycles. The topological polar surface area (TPSA) is 65.0 Å². The number of hydrogen-bond acceptors (Lipinski definition) is 3. The van der Waals surface area contributed by atoms with Crippen molar-refractivity contribution in [3.05, 3.63) is 29.8 Å². The first kappa shape index (κ1) is 23.1. The van der Waals surface area contributed by atoms with Crippen LogP contribution in [0.3, 0.4) is 0 Å². The van der Waals surface area contributed by atoms with E-state index in [1.807, 2.05) is 19.2 Å². The number of guanidine groups is 1. The molecule has 0 unspecified atom stereocenters. The van der Waals surface area contributed by atoms with Gasteiger partial charge in [-0.05, 0) is 24.1 Å². The molecule has 0 amide bonds. The van der Waals surface area contributed by atoms with Crippen molar-refractivity contribution >= 4 is 40.0 Å². The zero-order valence-electron chi connectivity index (χ0n) is 15.1. The third-order valence-corrected chi connectivity index (χ3v) is 5.40. The van der Waals surface area contributed by atoms with Gasteiger partial charge < -0.3 is 10.2 Å². The van der Waals surface area contributed by atoms with Crippen molar-refractivity contribution in [2.75, 3.05) is 34.7 Å². The Morgan fingerprint density at radius 3 is 2.21 bits per heavy atom. The second kappa shape index (κ2) is 10.9. The third kappa shape index (κ3) is 6.56. The maximum atomic E-state index is 12.0. The van der Waals surface area contributed by atoms with Gasteiger partial charge in [-0.3, -0.25) is 4.99 Å². The smallest absolute Gasteiger partial charge is 0.242 e. The number of hydrogen-bond donors (Lipinski definition) is 1. The Labute approximate surface area is 163 Å². The summed E-state index contributed by atoms with van der Waals surface area (Å²) in [5.41, 5.74) is 1.01. The lowest BCUT2D eigenvalue weighted by Gasteiger charge is -2.22. The standard InChI is InChI=1S/C16H28N4O2S.HI/c1-6-7-12-20(5)16(17-2)18-13-14-8-10-15(11-9-14)23(21,22)19(3)4;/h8-11H,6-7,12-13H2,1-5H3,(H,17,18);1H. The minimum Gasteiger partial charge on any atom is -0.352 e. The Kier molecular flexibility index (Phi) is 10.5. The fourth-order valence-corrected chi connectivity index (χ4v) is 2.96. The van der Waals surface area contributed by atoms with E-state index in [1.54, 1.807) is 19.2 Å². The van der Waals surface area contributed by atoms with Gasteiger partial charge in [0.05, 0.1) is 4.90 Å². The van der Waals surface area contributed by atoms with Crippen molar-refractivity contribution < 1.29 is 8.42 Å².